The summed E-state index contributed by atoms with van der Waals surface area (Å²) in [4.78, 5) is 11.3. The van der Waals surface area contributed by atoms with Crippen LogP contribution in [0.4, 0.5) is 5.95 Å². The van der Waals surface area contributed by atoms with E-state index in [1.807, 2.05) is 24.3 Å². The average Bonchev–Trinajstić information content (AvgIpc) is 3.14. The smallest absolute Gasteiger partial charge is 0.231 e. The highest BCUT2D eigenvalue weighted by Gasteiger charge is 2.14. The zero-order chi connectivity index (χ0) is 16.9. The number of ether oxygens (including phenoxy) is 3. The number of rotatable bonds is 6. The maximum atomic E-state index is 5.43. The molecule has 1 fully saturated rings. The molecule has 132 valence electrons. The van der Waals surface area contributed by atoms with E-state index in [9.17, 15) is 0 Å². The highest BCUT2D eigenvalue weighted by molar-refractivity contribution is 5.65. The Morgan fingerprint density at radius 1 is 1.08 bits per heavy atom. The van der Waals surface area contributed by atoms with Crippen LogP contribution < -0.4 is 14.8 Å². The summed E-state index contributed by atoms with van der Waals surface area (Å²) in [6.07, 6.45) is 2.83. The molecular weight excluding hydrogens is 320 g/mol. The predicted molar refractivity (Wildman–Crippen MR) is 94.0 cm³/mol. The molecule has 25 heavy (non-hydrogen) atoms. The van der Waals surface area contributed by atoms with Crippen LogP contribution in [0.15, 0.2) is 30.5 Å². The molecule has 2 aliphatic heterocycles. The van der Waals surface area contributed by atoms with Crippen LogP contribution in [0.5, 0.6) is 11.5 Å². The summed E-state index contributed by atoms with van der Waals surface area (Å²) < 4.78 is 16.1. The molecule has 0 amide bonds. The number of fused-ring (bicyclic) bond motifs is 1. The van der Waals surface area contributed by atoms with Crippen molar-refractivity contribution in [3.8, 4) is 22.8 Å². The van der Waals surface area contributed by atoms with Crippen molar-refractivity contribution in [2.24, 2.45) is 0 Å². The molecule has 1 saturated heterocycles. The third-order valence-electron chi connectivity index (χ3n) is 4.36. The van der Waals surface area contributed by atoms with Crippen LogP contribution in [-0.2, 0) is 4.74 Å². The SMILES string of the molecule is c1cc(-c2ccc3c(c2)OCO3)nc(NCCCN2CCOCC2)n1. The standard InChI is InChI=1S/C18H22N4O3/c1(7-22-8-10-23-11-9-22)5-19-18-20-6-4-15(21-18)14-2-3-16-17(12-14)25-13-24-16/h2-4,6,12H,1,5,7-11,13H2,(H,19,20,21). The Balaban J connectivity index is 1.33. The molecule has 0 spiro atoms. The first-order valence-electron chi connectivity index (χ1n) is 8.65. The first-order chi connectivity index (χ1) is 12.4. The van der Waals surface area contributed by atoms with E-state index in [2.05, 4.69) is 20.2 Å². The lowest BCUT2D eigenvalue weighted by molar-refractivity contribution is 0.0378. The van der Waals surface area contributed by atoms with Gasteiger partial charge in [-0.3, -0.25) is 4.90 Å². The number of anilines is 1. The highest BCUT2D eigenvalue weighted by Crippen LogP contribution is 2.35. The van der Waals surface area contributed by atoms with Gasteiger partial charge in [0.05, 0.1) is 18.9 Å². The number of benzene rings is 1. The lowest BCUT2D eigenvalue weighted by Crippen LogP contribution is -2.37. The zero-order valence-corrected chi connectivity index (χ0v) is 14.1. The van der Waals surface area contributed by atoms with Gasteiger partial charge in [-0.15, -0.1) is 0 Å². The Labute approximate surface area is 146 Å². The number of nitrogens with one attached hydrogen (secondary N) is 1. The number of hydrogen-bond acceptors (Lipinski definition) is 7. The van der Waals surface area contributed by atoms with Gasteiger partial charge >= 0.3 is 0 Å². The number of nitrogens with zero attached hydrogens (tertiary/aromatic N) is 3. The van der Waals surface area contributed by atoms with Crippen LogP contribution in [0.3, 0.4) is 0 Å². The van der Waals surface area contributed by atoms with Gasteiger partial charge in [0, 0.05) is 31.4 Å². The Kier molecular flexibility index (Phi) is 4.94. The summed E-state index contributed by atoms with van der Waals surface area (Å²) in [5, 5.41) is 3.31. The number of aromatic nitrogens is 2. The second kappa shape index (κ2) is 7.67. The highest BCUT2D eigenvalue weighted by atomic mass is 16.7. The third kappa shape index (κ3) is 4.00. The van der Waals surface area contributed by atoms with Crippen molar-refractivity contribution >= 4 is 5.95 Å². The van der Waals surface area contributed by atoms with Crippen molar-refractivity contribution in [3.05, 3.63) is 30.5 Å². The van der Waals surface area contributed by atoms with Gasteiger partial charge in [0.1, 0.15) is 0 Å². The molecule has 0 aliphatic carbocycles. The Bertz CT molecular complexity index is 719. The average molecular weight is 342 g/mol. The first kappa shape index (κ1) is 16.1. The van der Waals surface area contributed by atoms with Gasteiger partial charge in [-0.1, -0.05) is 0 Å². The van der Waals surface area contributed by atoms with Gasteiger partial charge in [0.15, 0.2) is 11.5 Å². The summed E-state index contributed by atoms with van der Waals surface area (Å²) >= 11 is 0. The van der Waals surface area contributed by atoms with E-state index in [-0.39, 0.29) is 6.79 Å². The maximum absolute atomic E-state index is 5.43. The Hall–Kier alpha value is -2.38. The summed E-state index contributed by atoms with van der Waals surface area (Å²) in [6, 6.07) is 7.75. The molecule has 1 aromatic carbocycles. The van der Waals surface area contributed by atoms with E-state index in [4.69, 9.17) is 14.2 Å². The largest absolute Gasteiger partial charge is 0.454 e. The third-order valence-corrected chi connectivity index (χ3v) is 4.36. The normalized spacial score (nSPS) is 16.8. The van der Waals surface area contributed by atoms with Crippen molar-refractivity contribution in [2.75, 3.05) is 51.5 Å². The lowest BCUT2D eigenvalue weighted by atomic mass is 10.1. The molecule has 2 aromatic rings. The molecule has 0 bridgehead atoms. The van der Waals surface area contributed by atoms with E-state index in [0.29, 0.717) is 5.95 Å². The molecule has 2 aliphatic rings. The van der Waals surface area contributed by atoms with Gasteiger partial charge in [0.25, 0.3) is 0 Å². The molecule has 0 saturated carbocycles. The second-order valence-electron chi connectivity index (χ2n) is 6.07. The minimum atomic E-state index is 0.276. The molecule has 0 radical (unpaired) electrons. The molecule has 4 rings (SSSR count). The Morgan fingerprint density at radius 3 is 2.88 bits per heavy atom. The van der Waals surface area contributed by atoms with E-state index in [0.717, 1.165) is 68.6 Å². The van der Waals surface area contributed by atoms with Gasteiger partial charge < -0.3 is 19.5 Å². The molecule has 0 unspecified atom stereocenters. The van der Waals surface area contributed by atoms with Gasteiger partial charge in [-0.05, 0) is 37.2 Å². The maximum Gasteiger partial charge on any atom is 0.231 e. The molecular formula is C18H22N4O3. The van der Waals surface area contributed by atoms with Crippen LogP contribution in [0.2, 0.25) is 0 Å². The quantitative estimate of drug-likeness (QED) is 0.805. The predicted octanol–water partition coefficient (Wildman–Crippen LogP) is 2.01. The fourth-order valence-electron chi connectivity index (χ4n) is 2.99. The molecule has 1 N–H and O–H groups in total. The van der Waals surface area contributed by atoms with Crippen molar-refractivity contribution in [1.82, 2.24) is 14.9 Å². The van der Waals surface area contributed by atoms with Crippen LogP contribution in [-0.4, -0.2) is 61.1 Å². The second-order valence-corrected chi connectivity index (χ2v) is 6.07. The van der Waals surface area contributed by atoms with Gasteiger partial charge in [-0.2, -0.15) is 0 Å². The van der Waals surface area contributed by atoms with E-state index < -0.39 is 0 Å². The number of morpholine rings is 1. The van der Waals surface area contributed by atoms with E-state index >= 15 is 0 Å². The van der Waals surface area contributed by atoms with Crippen molar-refractivity contribution < 1.29 is 14.2 Å². The summed E-state index contributed by atoms with van der Waals surface area (Å²) in [5.41, 5.74) is 1.85. The fraction of sp³-hybridized carbons (Fsp3) is 0.444. The molecule has 0 atom stereocenters. The van der Waals surface area contributed by atoms with Crippen LogP contribution in [0.25, 0.3) is 11.3 Å². The van der Waals surface area contributed by atoms with Crippen molar-refractivity contribution in [1.29, 1.82) is 0 Å². The fourth-order valence-corrected chi connectivity index (χ4v) is 2.99. The van der Waals surface area contributed by atoms with Crippen molar-refractivity contribution in [3.63, 3.8) is 0 Å². The van der Waals surface area contributed by atoms with Gasteiger partial charge in [-0.25, -0.2) is 9.97 Å². The molecule has 7 nitrogen and oxygen atoms in total. The molecule has 7 heteroatoms. The summed E-state index contributed by atoms with van der Waals surface area (Å²) in [7, 11) is 0. The van der Waals surface area contributed by atoms with Gasteiger partial charge in [0.2, 0.25) is 12.7 Å². The monoisotopic (exact) mass is 342 g/mol. The minimum Gasteiger partial charge on any atom is -0.454 e. The zero-order valence-electron chi connectivity index (χ0n) is 14.1. The topological polar surface area (TPSA) is 68.7 Å². The van der Waals surface area contributed by atoms with E-state index in [1.54, 1.807) is 6.20 Å². The minimum absolute atomic E-state index is 0.276. The summed E-state index contributed by atoms with van der Waals surface area (Å²) in [5.74, 6) is 2.19. The van der Waals surface area contributed by atoms with Crippen LogP contribution in [0.1, 0.15) is 6.42 Å². The van der Waals surface area contributed by atoms with E-state index in [1.165, 1.54) is 0 Å². The van der Waals surface area contributed by atoms with Crippen LogP contribution >= 0.6 is 0 Å². The van der Waals surface area contributed by atoms with Crippen molar-refractivity contribution in [2.45, 2.75) is 6.42 Å². The molecule has 3 heterocycles. The first-order valence-corrected chi connectivity index (χ1v) is 8.65. The molecule has 1 aromatic heterocycles. The Morgan fingerprint density at radius 2 is 1.96 bits per heavy atom. The summed E-state index contributed by atoms with van der Waals surface area (Å²) in [6.45, 7) is 5.92. The van der Waals surface area contributed by atoms with Crippen LogP contribution in [0, 0.1) is 0 Å². The number of hydrogen-bond donors (Lipinski definition) is 1. The lowest BCUT2D eigenvalue weighted by Gasteiger charge is -2.26.